The number of rotatable bonds is 3. The summed E-state index contributed by atoms with van der Waals surface area (Å²) in [7, 11) is 0. The second-order valence-corrected chi connectivity index (χ2v) is 1.49. The van der Waals surface area contributed by atoms with Gasteiger partial charge < -0.3 is 9.84 Å². The smallest absolute Gasteiger partial charge is 0.417 e. The van der Waals surface area contributed by atoms with E-state index in [1.54, 1.807) is 0 Å². The van der Waals surface area contributed by atoms with E-state index in [9.17, 15) is 18.0 Å². The minimum atomic E-state index is -4.72. The van der Waals surface area contributed by atoms with Gasteiger partial charge in [0.25, 0.3) is 6.47 Å². The molecule has 0 amide bonds. The van der Waals surface area contributed by atoms with Gasteiger partial charge in [-0.25, -0.2) is 0 Å². The lowest BCUT2D eigenvalue weighted by Crippen LogP contribution is -2.32. The third-order valence-corrected chi connectivity index (χ3v) is 0.700. The maximum absolute atomic E-state index is 11.3. The van der Waals surface area contributed by atoms with Crippen molar-refractivity contribution in [1.82, 2.24) is 0 Å². The molecule has 0 bridgehead atoms. The lowest BCUT2D eigenvalue weighted by atomic mass is 10.4. The maximum atomic E-state index is 11.3. The van der Waals surface area contributed by atoms with Crippen LogP contribution in [0.5, 0.6) is 0 Å². The number of hydrogen-bond acceptors (Lipinski definition) is 3. The summed E-state index contributed by atoms with van der Waals surface area (Å²) in [5.74, 6) is 0. The first kappa shape index (κ1) is 9.22. The van der Waals surface area contributed by atoms with E-state index in [2.05, 4.69) is 4.74 Å². The van der Waals surface area contributed by atoms with Gasteiger partial charge >= 0.3 is 6.18 Å². The number of aliphatic hydroxyl groups excluding tert-OH is 1. The van der Waals surface area contributed by atoms with E-state index in [1.807, 2.05) is 0 Å². The van der Waals surface area contributed by atoms with Gasteiger partial charge in [-0.05, 0) is 0 Å². The molecule has 0 spiro atoms. The molecule has 0 aliphatic rings. The van der Waals surface area contributed by atoms with Gasteiger partial charge in [0.15, 0.2) is 6.10 Å². The molecule has 0 aromatic heterocycles. The summed E-state index contributed by atoms with van der Waals surface area (Å²) < 4.78 is 37.7. The lowest BCUT2D eigenvalue weighted by molar-refractivity contribution is -0.215. The molecule has 0 fully saturated rings. The first-order chi connectivity index (χ1) is 4.48. The Morgan fingerprint density at radius 3 is 2.40 bits per heavy atom. The topological polar surface area (TPSA) is 46.5 Å². The Kier molecular flexibility index (Phi) is 3.14. The number of alkyl halides is 3. The summed E-state index contributed by atoms with van der Waals surface area (Å²) >= 11 is 0. The van der Waals surface area contributed by atoms with Gasteiger partial charge in [-0.2, -0.15) is 13.2 Å². The van der Waals surface area contributed by atoms with Crippen LogP contribution in [0.4, 0.5) is 13.2 Å². The average molecular weight is 158 g/mol. The predicted octanol–water partition coefficient (Wildman–Crippen LogP) is 0.0826. The van der Waals surface area contributed by atoms with Gasteiger partial charge in [0.1, 0.15) is 6.61 Å². The fourth-order valence-electron chi connectivity index (χ4n) is 0.225. The number of ether oxygens (including phenoxy) is 1. The second kappa shape index (κ2) is 3.40. The van der Waals surface area contributed by atoms with E-state index in [0.29, 0.717) is 0 Å². The molecule has 10 heavy (non-hydrogen) atoms. The third-order valence-electron chi connectivity index (χ3n) is 0.700. The fraction of sp³-hybridized carbons (Fsp3) is 0.750. The van der Waals surface area contributed by atoms with Crippen LogP contribution in [0.25, 0.3) is 0 Å². The third kappa shape index (κ3) is 3.29. The van der Waals surface area contributed by atoms with Gasteiger partial charge in [-0.1, -0.05) is 0 Å². The monoisotopic (exact) mass is 158 g/mol. The van der Waals surface area contributed by atoms with E-state index >= 15 is 0 Å². The summed E-state index contributed by atoms with van der Waals surface area (Å²) in [6.45, 7) is -1.21. The molecular weight excluding hydrogens is 153 g/mol. The van der Waals surface area contributed by atoms with Crippen LogP contribution >= 0.6 is 0 Å². The van der Waals surface area contributed by atoms with Gasteiger partial charge in [0, 0.05) is 0 Å². The molecular formula is C4H5F3O3. The lowest BCUT2D eigenvalue weighted by Gasteiger charge is -2.11. The zero-order valence-corrected chi connectivity index (χ0v) is 4.76. The predicted molar refractivity (Wildman–Crippen MR) is 24.1 cm³/mol. The highest BCUT2D eigenvalue weighted by atomic mass is 19.4. The molecule has 60 valence electrons. The Balaban J connectivity index is 3.61. The van der Waals surface area contributed by atoms with E-state index in [4.69, 9.17) is 5.11 Å². The highest BCUT2D eigenvalue weighted by molar-refractivity contribution is 5.36. The van der Waals surface area contributed by atoms with Gasteiger partial charge in [-0.3, -0.25) is 4.79 Å². The van der Waals surface area contributed by atoms with Crippen molar-refractivity contribution < 1.29 is 27.8 Å². The van der Waals surface area contributed by atoms with Crippen molar-refractivity contribution in [2.75, 3.05) is 6.61 Å². The fourth-order valence-corrected chi connectivity index (χ4v) is 0.225. The molecule has 1 atom stereocenters. The Hall–Kier alpha value is -0.780. The minimum absolute atomic E-state index is 0.158. The van der Waals surface area contributed by atoms with Crippen molar-refractivity contribution in [1.29, 1.82) is 0 Å². The maximum Gasteiger partial charge on any atom is 0.417 e. The van der Waals surface area contributed by atoms with Crippen LogP contribution in [0.3, 0.4) is 0 Å². The molecule has 0 aromatic rings. The van der Waals surface area contributed by atoms with Crippen LogP contribution < -0.4 is 0 Å². The highest BCUT2D eigenvalue weighted by Crippen LogP contribution is 2.19. The van der Waals surface area contributed by atoms with Crippen molar-refractivity contribution in [2.24, 2.45) is 0 Å². The molecule has 6 heteroatoms. The first-order valence-electron chi connectivity index (χ1n) is 2.28. The summed E-state index contributed by atoms with van der Waals surface area (Å²) in [4.78, 5) is 9.34. The van der Waals surface area contributed by atoms with Crippen LogP contribution in [-0.4, -0.2) is 30.5 Å². The number of hydrogen-bond donors (Lipinski definition) is 1. The van der Waals surface area contributed by atoms with E-state index in [-0.39, 0.29) is 6.47 Å². The standard InChI is InChI=1S/C4H5F3O3/c5-4(6,7)3(9)1-10-2-8/h2-3,9H,1H2. The van der Waals surface area contributed by atoms with Gasteiger partial charge in [0.2, 0.25) is 0 Å². The molecule has 0 aromatic carbocycles. The summed E-state index contributed by atoms with van der Waals surface area (Å²) in [6.07, 6.45) is -7.30. The van der Waals surface area contributed by atoms with Crippen molar-refractivity contribution in [3.63, 3.8) is 0 Å². The Morgan fingerprint density at radius 2 is 2.10 bits per heavy atom. The zero-order chi connectivity index (χ0) is 8.20. The molecule has 0 saturated heterocycles. The summed E-state index contributed by atoms with van der Waals surface area (Å²) in [5.41, 5.74) is 0. The van der Waals surface area contributed by atoms with Crippen molar-refractivity contribution in [3.05, 3.63) is 0 Å². The van der Waals surface area contributed by atoms with Crippen LogP contribution in [0.15, 0.2) is 0 Å². The second-order valence-electron chi connectivity index (χ2n) is 1.49. The molecule has 3 nitrogen and oxygen atoms in total. The average Bonchev–Trinajstić information content (AvgIpc) is 1.80. The number of carbonyl (C=O) groups excluding carboxylic acids is 1. The molecule has 0 heterocycles. The Morgan fingerprint density at radius 1 is 1.60 bits per heavy atom. The van der Waals surface area contributed by atoms with Crippen molar-refractivity contribution in [3.8, 4) is 0 Å². The van der Waals surface area contributed by atoms with Crippen molar-refractivity contribution >= 4 is 6.47 Å². The van der Waals surface area contributed by atoms with E-state index in [1.165, 1.54) is 0 Å². The molecule has 0 radical (unpaired) electrons. The minimum Gasteiger partial charge on any atom is -0.465 e. The van der Waals surface area contributed by atoms with E-state index < -0.39 is 18.9 Å². The van der Waals surface area contributed by atoms with Crippen LogP contribution in [0.2, 0.25) is 0 Å². The molecule has 0 saturated carbocycles. The van der Waals surface area contributed by atoms with E-state index in [0.717, 1.165) is 0 Å². The quantitative estimate of drug-likeness (QED) is 0.591. The first-order valence-corrected chi connectivity index (χ1v) is 2.28. The van der Waals surface area contributed by atoms with Gasteiger partial charge in [-0.15, -0.1) is 0 Å². The van der Waals surface area contributed by atoms with Gasteiger partial charge in [0.05, 0.1) is 0 Å². The van der Waals surface area contributed by atoms with Crippen molar-refractivity contribution in [2.45, 2.75) is 12.3 Å². The molecule has 0 aliphatic carbocycles. The normalized spacial score (nSPS) is 14.4. The number of carbonyl (C=O) groups is 1. The molecule has 0 aliphatic heterocycles. The molecule has 1 N–H and O–H groups in total. The largest absolute Gasteiger partial charge is 0.465 e. The van der Waals surface area contributed by atoms with Crippen LogP contribution in [-0.2, 0) is 9.53 Å². The number of aliphatic hydroxyl groups is 1. The van der Waals surface area contributed by atoms with Crippen LogP contribution in [0, 0.1) is 0 Å². The Labute approximate surface area is 54.4 Å². The summed E-state index contributed by atoms with van der Waals surface area (Å²) in [5, 5.41) is 8.11. The SMILES string of the molecule is O=COCC(O)C(F)(F)F. The zero-order valence-electron chi connectivity index (χ0n) is 4.76. The Bertz CT molecular complexity index is 111. The molecule has 0 rings (SSSR count). The molecule has 1 unspecified atom stereocenters. The number of halogens is 3. The van der Waals surface area contributed by atoms with Crippen LogP contribution in [0.1, 0.15) is 0 Å². The highest BCUT2D eigenvalue weighted by Gasteiger charge is 2.38. The summed E-state index contributed by atoms with van der Waals surface area (Å²) in [6, 6.07) is 0.